The van der Waals surface area contributed by atoms with Crippen LogP contribution in [0.5, 0.6) is 0 Å². The summed E-state index contributed by atoms with van der Waals surface area (Å²) in [5.74, 6) is 0.835. The predicted octanol–water partition coefficient (Wildman–Crippen LogP) is 2.17. The van der Waals surface area contributed by atoms with Crippen LogP contribution in [-0.4, -0.2) is 21.5 Å². The first-order valence-corrected chi connectivity index (χ1v) is 6.07. The van der Waals surface area contributed by atoms with Crippen LogP contribution in [0.4, 0.5) is 0 Å². The minimum absolute atomic E-state index is 0.0994. The van der Waals surface area contributed by atoms with Crippen molar-refractivity contribution < 1.29 is 0 Å². The Balaban J connectivity index is 2.37. The molecule has 2 aromatic rings. The Morgan fingerprint density at radius 1 is 1.11 bits per heavy atom. The average molecular weight is 242 g/mol. The lowest BCUT2D eigenvalue weighted by Gasteiger charge is -2.22. The van der Waals surface area contributed by atoms with Crippen LogP contribution < -0.4 is 5.73 Å². The van der Waals surface area contributed by atoms with Gasteiger partial charge in [-0.1, -0.05) is 13.8 Å². The Hall–Kier alpha value is -1.81. The summed E-state index contributed by atoms with van der Waals surface area (Å²) in [6.07, 6.45) is 6.20. The van der Waals surface area contributed by atoms with Gasteiger partial charge in [0, 0.05) is 29.6 Å². The van der Waals surface area contributed by atoms with Crippen LogP contribution in [0.2, 0.25) is 0 Å². The van der Waals surface area contributed by atoms with Gasteiger partial charge in [-0.05, 0) is 31.2 Å². The fourth-order valence-electron chi connectivity index (χ4n) is 1.84. The number of aromatic nitrogens is 3. The minimum Gasteiger partial charge on any atom is -0.330 e. The van der Waals surface area contributed by atoms with Crippen molar-refractivity contribution in [1.82, 2.24) is 15.0 Å². The molecule has 0 amide bonds. The fraction of sp³-hybridized carbons (Fsp3) is 0.357. The minimum atomic E-state index is -0.0994. The van der Waals surface area contributed by atoms with Crippen molar-refractivity contribution in [2.24, 2.45) is 5.73 Å². The van der Waals surface area contributed by atoms with Crippen LogP contribution in [0.3, 0.4) is 0 Å². The van der Waals surface area contributed by atoms with Gasteiger partial charge in [-0.3, -0.25) is 4.98 Å². The number of nitrogens with zero attached hydrogens (tertiary/aromatic N) is 3. The predicted molar refractivity (Wildman–Crippen MR) is 72.0 cm³/mol. The molecule has 0 atom stereocenters. The molecule has 2 aromatic heterocycles. The maximum atomic E-state index is 5.64. The third-order valence-corrected chi connectivity index (χ3v) is 3.01. The second-order valence-electron chi connectivity index (χ2n) is 4.92. The van der Waals surface area contributed by atoms with Crippen LogP contribution in [0.1, 0.15) is 26.1 Å². The molecule has 0 saturated heterocycles. The van der Waals surface area contributed by atoms with Crippen molar-refractivity contribution in [2.75, 3.05) is 6.54 Å². The number of hydrogen-bond donors (Lipinski definition) is 1. The maximum Gasteiger partial charge on any atom is 0.134 e. The number of hydrogen-bond acceptors (Lipinski definition) is 4. The third kappa shape index (κ3) is 2.71. The monoisotopic (exact) mass is 242 g/mol. The van der Waals surface area contributed by atoms with Crippen molar-refractivity contribution in [1.29, 1.82) is 0 Å². The molecule has 0 aromatic carbocycles. The first-order chi connectivity index (χ1) is 8.63. The molecular formula is C14H18N4. The van der Waals surface area contributed by atoms with Gasteiger partial charge in [0.25, 0.3) is 0 Å². The van der Waals surface area contributed by atoms with Crippen molar-refractivity contribution >= 4 is 0 Å². The molecule has 2 rings (SSSR count). The molecule has 0 spiro atoms. The van der Waals surface area contributed by atoms with E-state index in [-0.39, 0.29) is 5.41 Å². The second kappa shape index (κ2) is 5.23. The van der Waals surface area contributed by atoms with Crippen molar-refractivity contribution in [2.45, 2.75) is 25.7 Å². The summed E-state index contributed by atoms with van der Waals surface area (Å²) in [5, 5.41) is 0. The van der Waals surface area contributed by atoms with E-state index in [0.29, 0.717) is 6.54 Å². The van der Waals surface area contributed by atoms with E-state index in [4.69, 9.17) is 5.73 Å². The Morgan fingerprint density at radius 2 is 1.83 bits per heavy atom. The molecule has 0 bridgehead atoms. The van der Waals surface area contributed by atoms with Gasteiger partial charge >= 0.3 is 0 Å². The van der Waals surface area contributed by atoms with E-state index in [2.05, 4.69) is 28.8 Å². The van der Waals surface area contributed by atoms with Gasteiger partial charge < -0.3 is 5.73 Å². The molecule has 4 heteroatoms. The standard InChI is InChI=1S/C14H18N4/c1-14(2,6-7-15)13-17-10-5-12(18-13)11-3-8-16-9-4-11/h3-5,8-10H,6-7,15H2,1-2H3. The van der Waals surface area contributed by atoms with Gasteiger partial charge in [0.15, 0.2) is 0 Å². The van der Waals surface area contributed by atoms with Crippen molar-refractivity contribution in [3.8, 4) is 11.3 Å². The van der Waals surface area contributed by atoms with Gasteiger partial charge in [-0.25, -0.2) is 9.97 Å². The van der Waals surface area contributed by atoms with E-state index in [0.717, 1.165) is 23.5 Å². The van der Waals surface area contributed by atoms with Gasteiger partial charge in [-0.2, -0.15) is 0 Å². The number of rotatable bonds is 4. The average Bonchev–Trinajstić information content (AvgIpc) is 2.40. The van der Waals surface area contributed by atoms with E-state index in [1.807, 2.05) is 18.2 Å². The summed E-state index contributed by atoms with van der Waals surface area (Å²) in [6, 6.07) is 5.81. The van der Waals surface area contributed by atoms with Crippen LogP contribution in [-0.2, 0) is 5.41 Å². The molecule has 0 aliphatic rings. The third-order valence-electron chi connectivity index (χ3n) is 3.01. The summed E-state index contributed by atoms with van der Waals surface area (Å²) < 4.78 is 0. The Labute approximate surface area is 107 Å². The molecule has 2 heterocycles. The molecule has 18 heavy (non-hydrogen) atoms. The van der Waals surface area contributed by atoms with Crippen LogP contribution in [0, 0.1) is 0 Å². The zero-order valence-corrected chi connectivity index (χ0v) is 10.8. The summed E-state index contributed by atoms with van der Waals surface area (Å²) in [7, 11) is 0. The number of nitrogens with two attached hydrogens (primary N) is 1. The van der Waals surface area contributed by atoms with Crippen LogP contribution >= 0.6 is 0 Å². The van der Waals surface area contributed by atoms with E-state index < -0.39 is 0 Å². The quantitative estimate of drug-likeness (QED) is 0.892. The molecule has 0 saturated carbocycles. The smallest absolute Gasteiger partial charge is 0.134 e. The van der Waals surface area contributed by atoms with Gasteiger partial charge in [0.05, 0.1) is 5.69 Å². The van der Waals surface area contributed by atoms with Crippen molar-refractivity contribution in [3.63, 3.8) is 0 Å². The zero-order chi connectivity index (χ0) is 13.0. The SMILES string of the molecule is CC(C)(CCN)c1nccc(-c2ccncc2)n1. The van der Waals surface area contributed by atoms with E-state index in [1.165, 1.54) is 0 Å². The second-order valence-corrected chi connectivity index (χ2v) is 4.92. The first-order valence-electron chi connectivity index (χ1n) is 6.07. The van der Waals surface area contributed by atoms with E-state index in [1.54, 1.807) is 18.6 Å². The molecule has 0 aliphatic carbocycles. The van der Waals surface area contributed by atoms with E-state index >= 15 is 0 Å². The Morgan fingerprint density at radius 3 is 2.50 bits per heavy atom. The molecule has 0 aliphatic heterocycles. The highest BCUT2D eigenvalue weighted by molar-refractivity contribution is 5.57. The summed E-state index contributed by atoms with van der Waals surface area (Å²) in [4.78, 5) is 13.0. The van der Waals surface area contributed by atoms with Gasteiger partial charge in [0.2, 0.25) is 0 Å². The lowest BCUT2D eigenvalue weighted by molar-refractivity contribution is 0.457. The van der Waals surface area contributed by atoms with Crippen molar-refractivity contribution in [3.05, 3.63) is 42.6 Å². The summed E-state index contributed by atoms with van der Waals surface area (Å²) in [6.45, 7) is 4.87. The molecular weight excluding hydrogens is 224 g/mol. The van der Waals surface area contributed by atoms with Gasteiger partial charge in [-0.15, -0.1) is 0 Å². The molecule has 4 nitrogen and oxygen atoms in total. The topological polar surface area (TPSA) is 64.7 Å². The number of pyridine rings is 1. The fourth-order valence-corrected chi connectivity index (χ4v) is 1.84. The maximum absolute atomic E-state index is 5.64. The largest absolute Gasteiger partial charge is 0.330 e. The molecule has 2 N–H and O–H groups in total. The lowest BCUT2D eigenvalue weighted by atomic mass is 9.88. The first kappa shape index (κ1) is 12.6. The normalized spacial score (nSPS) is 11.5. The van der Waals surface area contributed by atoms with Crippen LogP contribution in [0.15, 0.2) is 36.8 Å². The highest BCUT2D eigenvalue weighted by Crippen LogP contribution is 2.25. The Bertz CT molecular complexity index is 508. The molecule has 0 fully saturated rings. The highest BCUT2D eigenvalue weighted by atomic mass is 14.9. The Kier molecular flexibility index (Phi) is 3.67. The van der Waals surface area contributed by atoms with Crippen LogP contribution in [0.25, 0.3) is 11.3 Å². The summed E-state index contributed by atoms with van der Waals surface area (Å²) in [5.41, 5.74) is 7.51. The summed E-state index contributed by atoms with van der Waals surface area (Å²) >= 11 is 0. The molecule has 0 unspecified atom stereocenters. The molecule has 0 radical (unpaired) electrons. The highest BCUT2D eigenvalue weighted by Gasteiger charge is 2.23. The lowest BCUT2D eigenvalue weighted by Crippen LogP contribution is -2.24. The molecule has 94 valence electrons. The zero-order valence-electron chi connectivity index (χ0n) is 10.8. The van der Waals surface area contributed by atoms with Gasteiger partial charge in [0.1, 0.15) is 5.82 Å². The van der Waals surface area contributed by atoms with E-state index in [9.17, 15) is 0 Å².